The maximum atomic E-state index is 13.7. The number of carbonyl (C=O) groups excluding carboxylic acids is 1. The summed E-state index contributed by atoms with van der Waals surface area (Å²) in [5, 5.41) is 0.190. The van der Waals surface area contributed by atoms with Gasteiger partial charge in [0.25, 0.3) is 0 Å². The fraction of sp³-hybridized carbons (Fsp3) is 0.321. The number of nitrogens with one attached hydrogen (secondary N) is 1. The molecule has 1 aliphatic heterocycles. The van der Waals surface area contributed by atoms with E-state index in [0.717, 1.165) is 17.0 Å². The van der Waals surface area contributed by atoms with Crippen LogP contribution in [0.5, 0.6) is 11.5 Å². The summed E-state index contributed by atoms with van der Waals surface area (Å²) >= 11 is 6.24. The third-order valence-corrected chi connectivity index (χ3v) is 8.19. The molecule has 10 heteroatoms. The van der Waals surface area contributed by atoms with Crippen molar-refractivity contribution in [3.05, 3.63) is 83.4 Å². The van der Waals surface area contributed by atoms with Crippen LogP contribution in [0, 0.1) is 0 Å². The van der Waals surface area contributed by atoms with Crippen LogP contribution in [0.3, 0.4) is 0 Å². The van der Waals surface area contributed by atoms with Gasteiger partial charge in [-0.2, -0.15) is 4.72 Å². The van der Waals surface area contributed by atoms with E-state index < -0.39 is 16.1 Å². The number of methoxy groups -OCH3 is 1. The second-order valence-electron chi connectivity index (χ2n) is 8.90. The molecule has 1 N–H and O–H groups in total. The molecule has 4 rings (SSSR count). The Balaban J connectivity index is 1.50. The molecule has 0 bridgehead atoms. The number of benzene rings is 3. The Labute approximate surface area is 229 Å². The van der Waals surface area contributed by atoms with Crippen molar-refractivity contribution in [3.8, 4) is 11.5 Å². The number of rotatable bonds is 10. The molecule has 1 aliphatic rings. The van der Waals surface area contributed by atoms with Gasteiger partial charge in [0.1, 0.15) is 17.5 Å². The van der Waals surface area contributed by atoms with Crippen LogP contribution < -0.4 is 19.1 Å². The zero-order valence-corrected chi connectivity index (χ0v) is 23.0. The molecule has 0 unspecified atom stereocenters. The maximum Gasteiger partial charge on any atom is 0.241 e. The van der Waals surface area contributed by atoms with E-state index in [1.165, 1.54) is 18.2 Å². The second kappa shape index (κ2) is 12.5. The number of nitrogens with zero attached hydrogens (tertiary/aromatic N) is 2. The van der Waals surface area contributed by atoms with E-state index in [-0.39, 0.29) is 22.2 Å². The molecular formula is C28H32ClN3O5S. The van der Waals surface area contributed by atoms with Gasteiger partial charge in [0.2, 0.25) is 15.9 Å². The molecule has 0 radical (unpaired) electrons. The van der Waals surface area contributed by atoms with Crippen molar-refractivity contribution >= 4 is 33.2 Å². The van der Waals surface area contributed by atoms with Gasteiger partial charge < -0.3 is 19.3 Å². The van der Waals surface area contributed by atoms with E-state index in [9.17, 15) is 13.2 Å². The lowest BCUT2D eigenvalue weighted by molar-refractivity contribution is -0.133. The topological polar surface area (TPSA) is 88.2 Å². The van der Waals surface area contributed by atoms with E-state index in [4.69, 9.17) is 21.1 Å². The predicted molar refractivity (Wildman–Crippen MR) is 149 cm³/mol. The number of halogens is 1. The van der Waals surface area contributed by atoms with E-state index >= 15 is 0 Å². The average molecular weight is 558 g/mol. The number of ether oxygens (including phenoxy) is 2. The number of hydrogen-bond donors (Lipinski definition) is 1. The first-order chi connectivity index (χ1) is 18.3. The van der Waals surface area contributed by atoms with Gasteiger partial charge in [0.15, 0.2) is 0 Å². The van der Waals surface area contributed by atoms with Crippen molar-refractivity contribution < 1.29 is 22.7 Å². The number of amides is 1. The van der Waals surface area contributed by atoms with Gasteiger partial charge >= 0.3 is 0 Å². The SMILES string of the molecule is CCOc1ccc(S(=O)(=O)N[C@@H](Cc2ccccc2)C(=O)N2CCN(c3ccc(OC)cc3)CC2)cc1Cl. The Morgan fingerprint density at radius 1 is 1.00 bits per heavy atom. The second-order valence-corrected chi connectivity index (χ2v) is 11.0. The summed E-state index contributed by atoms with van der Waals surface area (Å²) in [4.78, 5) is 17.6. The molecule has 1 amide bonds. The van der Waals surface area contributed by atoms with Gasteiger partial charge in [-0.05, 0) is 61.4 Å². The first-order valence-electron chi connectivity index (χ1n) is 12.5. The molecule has 38 heavy (non-hydrogen) atoms. The van der Waals surface area contributed by atoms with Crippen molar-refractivity contribution in [2.24, 2.45) is 0 Å². The third-order valence-electron chi connectivity index (χ3n) is 6.42. The monoisotopic (exact) mass is 557 g/mol. The van der Waals surface area contributed by atoms with Crippen LogP contribution in [0.2, 0.25) is 5.02 Å². The zero-order valence-electron chi connectivity index (χ0n) is 21.5. The molecule has 1 saturated heterocycles. The van der Waals surface area contributed by atoms with E-state index in [2.05, 4.69) is 9.62 Å². The van der Waals surface area contributed by atoms with Gasteiger partial charge in [0.05, 0.1) is 23.6 Å². The first-order valence-corrected chi connectivity index (χ1v) is 14.3. The molecule has 0 aromatic heterocycles. The van der Waals surface area contributed by atoms with Crippen molar-refractivity contribution in [2.75, 3.05) is 44.8 Å². The van der Waals surface area contributed by atoms with Gasteiger partial charge in [-0.3, -0.25) is 4.79 Å². The van der Waals surface area contributed by atoms with Crippen LogP contribution in [0.1, 0.15) is 12.5 Å². The minimum absolute atomic E-state index is 0.0267. The lowest BCUT2D eigenvalue weighted by Gasteiger charge is -2.37. The van der Waals surface area contributed by atoms with Gasteiger partial charge in [-0.25, -0.2) is 8.42 Å². The lowest BCUT2D eigenvalue weighted by atomic mass is 10.1. The van der Waals surface area contributed by atoms with E-state index in [0.29, 0.717) is 38.5 Å². The van der Waals surface area contributed by atoms with Crippen LogP contribution in [-0.4, -0.2) is 65.2 Å². The molecular weight excluding hydrogens is 526 g/mol. The Morgan fingerprint density at radius 3 is 2.29 bits per heavy atom. The molecule has 1 atom stereocenters. The van der Waals surface area contributed by atoms with E-state index in [1.807, 2.05) is 61.5 Å². The summed E-state index contributed by atoms with van der Waals surface area (Å²) in [6.07, 6.45) is 0.225. The lowest BCUT2D eigenvalue weighted by Crippen LogP contribution is -2.55. The molecule has 1 fully saturated rings. The maximum absolute atomic E-state index is 13.7. The average Bonchev–Trinajstić information content (AvgIpc) is 2.94. The summed E-state index contributed by atoms with van der Waals surface area (Å²) in [6.45, 7) is 4.46. The first kappa shape index (κ1) is 27.8. The Hall–Kier alpha value is -3.27. The molecule has 8 nitrogen and oxygen atoms in total. The molecule has 3 aromatic rings. The number of piperazine rings is 1. The van der Waals surface area contributed by atoms with Crippen LogP contribution in [-0.2, 0) is 21.2 Å². The highest BCUT2D eigenvalue weighted by molar-refractivity contribution is 7.89. The number of carbonyl (C=O) groups is 1. The van der Waals surface area contributed by atoms with Crippen molar-refractivity contribution in [2.45, 2.75) is 24.3 Å². The fourth-order valence-electron chi connectivity index (χ4n) is 4.40. The van der Waals surface area contributed by atoms with Crippen molar-refractivity contribution in [3.63, 3.8) is 0 Å². The van der Waals surface area contributed by atoms with Crippen LogP contribution in [0.25, 0.3) is 0 Å². The van der Waals surface area contributed by atoms with Crippen molar-refractivity contribution in [1.82, 2.24) is 9.62 Å². The molecule has 0 aliphatic carbocycles. The van der Waals surface area contributed by atoms with Crippen LogP contribution in [0.4, 0.5) is 5.69 Å². The summed E-state index contributed by atoms with van der Waals surface area (Å²) < 4.78 is 40.0. The minimum atomic E-state index is -4.04. The van der Waals surface area contributed by atoms with Gasteiger partial charge in [0, 0.05) is 31.9 Å². The Bertz CT molecular complexity index is 1330. The van der Waals surface area contributed by atoms with Crippen LogP contribution >= 0.6 is 11.6 Å². The highest BCUT2D eigenvalue weighted by atomic mass is 35.5. The highest BCUT2D eigenvalue weighted by Crippen LogP contribution is 2.28. The Kier molecular flexibility index (Phi) is 9.14. The number of sulfonamides is 1. The van der Waals surface area contributed by atoms with Crippen LogP contribution in [0.15, 0.2) is 77.7 Å². The highest BCUT2D eigenvalue weighted by Gasteiger charge is 2.31. The minimum Gasteiger partial charge on any atom is -0.497 e. The third kappa shape index (κ3) is 6.78. The molecule has 3 aromatic carbocycles. The predicted octanol–water partition coefficient (Wildman–Crippen LogP) is 3.99. The summed E-state index contributed by atoms with van der Waals surface area (Å²) in [6, 6.07) is 20.5. The standard InChI is InChI=1S/C28H32ClN3O5S/c1-3-37-27-14-13-24(20-25(27)29)38(34,35)30-26(19-21-7-5-4-6-8-21)28(33)32-17-15-31(16-18-32)22-9-11-23(36-2)12-10-22/h4-14,20,26,30H,3,15-19H2,1-2H3/t26-/m0/s1. The quantitative estimate of drug-likeness (QED) is 0.406. The van der Waals surface area contributed by atoms with Gasteiger partial charge in [-0.15, -0.1) is 0 Å². The smallest absolute Gasteiger partial charge is 0.241 e. The summed E-state index contributed by atoms with van der Waals surface area (Å²) in [5.74, 6) is 0.927. The molecule has 1 heterocycles. The largest absolute Gasteiger partial charge is 0.497 e. The zero-order chi connectivity index (χ0) is 27.1. The summed E-state index contributed by atoms with van der Waals surface area (Å²) in [7, 11) is -2.41. The number of anilines is 1. The number of hydrogen-bond acceptors (Lipinski definition) is 6. The van der Waals surface area contributed by atoms with E-state index in [1.54, 1.807) is 12.0 Å². The van der Waals surface area contributed by atoms with Gasteiger partial charge in [-0.1, -0.05) is 41.9 Å². The summed E-state index contributed by atoms with van der Waals surface area (Å²) in [5.41, 5.74) is 1.90. The fourth-order valence-corrected chi connectivity index (χ4v) is 5.92. The molecule has 0 saturated carbocycles. The normalized spacial score (nSPS) is 14.7. The molecule has 0 spiro atoms. The Morgan fingerprint density at radius 2 is 1.68 bits per heavy atom. The van der Waals surface area contributed by atoms with Crippen molar-refractivity contribution in [1.29, 1.82) is 0 Å². The molecule has 202 valence electrons.